The van der Waals surface area contributed by atoms with Crippen molar-refractivity contribution < 1.29 is 0 Å². The highest BCUT2D eigenvalue weighted by Gasteiger charge is 2.12. The number of hydrogen-bond acceptors (Lipinski definition) is 0. The Kier molecular flexibility index (Phi) is 3.09. The van der Waals surface area contributed by atoms with Gasteiger partial charge in [-0.1, -0.05) is 19.9 Å². The van der Waals surface area contributed by atoms with Crippen molar-refractivity contribution in [3.63, 3.8) is 0 Å². The number of hydrogen-bond donors (Lipinski definition) is 0. The lowest BCUT2D eigenvalue weighted by Crippen LogP contribution is -2.07. The van der Waals surface area contributed by atoms with Gasteiger partial charge in [-0.25, -0.2) is 0 Å². The minimum atomic E-state index is 0.247. The molecule has 0 nitrogen and oxygen atoms in total. The fraction of sp³-hybridized carbons (Fsp3) is 0.556. The second-order valence-electron chi connectivity index (χ2n) is 3.04. The van der Waals surface area contributed by atoms with E-state index in [1.54, 1.807) is 0 Å². The molecular formula is C9H14. The molecule has 0 aliphatic heterocycles. The van der Waals surface area contributed by atoms with Gasteiger partial charge in [0, 0.05) is 6.42 Å². The van der Waals surface area contributed by atoms with E-state index in [4.69, 9.17) is 6.42 Å². The van der Waals surface area contributed by atoms with Crippen LogP contribution in [0.4, 0.5) is 0 Å². The standard InChI is InChI=1S/C9H14/c1-5-7-9(3,4)8-6-2/h1,6H,2,7-8H2,3-4H3. The molecule has 0 unspecified atom stereocenters. The summed E-state index contributed by atoms with van der Waals surface area (Å²) in [6, 6.07) is 0. The lowest BCUT2D eigenvalue weighted by Gasteiger charge is -2.18. The van der Waals surface area contributed by atoms with Gasteiger partial charge in [-0.05, 0) is 11.8 Å². The van der Waals surface area contributed by atoms with Crippen molar-refractivity contribution >= 4 is 0 Å². The molecule has 0 aromatic rings. The molecule has 0 amide bonds. The molecule has 0 fully saturated rings. The van der Waals surface area contributed by atoms with E-state index in [-0.39, 0.29) is 5.41 Å². The minimum absolute atomic E-state index is 0.247. The fourth-order valence-electron chi connectivity index (χ4n) is 0.739. The van der Waals surface area contributed by atoms with E-state index in [0.717, 1.165) is 12.8 Å². The maximum absolute atomic E-state index is 5.16. The minimum Gasteiger partial charge on any atom is -0.120 e. The van der Waals surface area contributed by atoms with E-state index in [9.17, 15) is 0 Å². The summed E-state index contributed by atoms with van der Waals surface area (Å²) in [5.74, 6) is 2.64. The van der Waals surface area contributed by atoms with Gasteiger partial charge < -0.3 is 0 Å². The highest BCUT2D eigenvalue weighted by molar-refractivity contribution is 4.93. The van der Waals surface area contributed by atoms with Crippen molar-refractivity contribution in [1.29, 1.82) is 0 Å². The Labute approximate surface area is 58.0 Å². The van der Waals surface area contributed by atoms with Crippen molar-refractivity contribution in [3.05, 3.63) is 12.7 Å². The number of rotatable bonds is 3. The maximum Gasteiger partial charge on any atom is 0.0140 e. The van der Waals surface area contributed by atoms with Gasteiger partial charge in [-0.15, -0.1) is 18.9 Å². The molecule has 50 valence electrons. The molecule has 0 saturated carbocycles. The monoisotopic (exact) mass is 122 g/mol. The third-order valence-electron chi connectivity index (χ3n) is 1.28. The van der Waals surface area contributed by atoms with E-state index in [1.165, 1.54) is 0 Å². The lowest BCUT2D eigenvalue weighted by molar-refractivity contribution is 0.384. The molecule has 0 aromatic heterocycles. The van der Waals surface area contributed by atoms with E-state index in [0.29, 0.717) is 0 Å². The molecule has 0 bridgehead atoms. The SMILES string of the molecule is C#CCC(C)(C)CC=C. The van der Waals surface area contributed by atoms with Crippen LogP contribution in [0.5, 0.6) is 0 Å². The van der Waals surface area contributed by atoms with Crippen LogP contribution in [0.15, 0.2) is 12.7 Å². The lowest BCUT2D eigenvalue weighted by atomic mass is 9.86. The summed E-state index contributed by atoms with van der Waals surface area (Å²) in [6.07, 6.45) is 8.90. The second-order valence-corrected chi connectivity index (χ2v) is 3.04. The molecule has 0 rings (SSSR count). The van der Waals surface area contributed by atoms with Crippen LogP contribution in [0.3, 0.4) is 0 Å². The maximum atomic E-state index is 5.16. The highest BCUT2D eigenvalue weighted by Crippen LogP contribution is 2.23. The summed E-state index contributed by atoms with van der Waals surface area (Å²) in [5.41, 5.74) is 0.247. The summed E-state index contributed by atoms with van der Waals surface area (Å²) < 4.78 is 0. The van der Waals surface area contributed by atoms with Crippen molar-refractivity contribution in [2.45, 2.75) is 26.7 Å². The van der Waals surface area contributed by atoms with Crippen LogP contribution in [0.2, 0.25) is 0 Å². The predicted octanol–water partition coefficient (Wildman–Crippen LogP) is 2.61. The van der Waals surface area contributed by atoms with Crippen LogP contribution < -0.4 is 0 Å². The summed E-state index contributed by atoms with van der Waals surface area (Å²) in [7, 11) is 0. The highest BCUT2D eigenvalue weighted by atomic mass is 14.2. The molecule has 0 heteroatoms. The third kappa shape index (κ3) is 3.85. The smallest absolute Gasteiger partial charge is 0.0140 e. The topological polar surface area (TPSA) is 0 Å². The van der Waals surface area contributed by atoms with Gasteiger partial charge >= 0.3 is 0 Å². The molecule has 0 atom stereocenters. The van der Waals surface area contributed by atoms with Crippen LogP contribution in [0, 0.1) is 17.8 Å². The fourth-order valence-corrected chi connectivity index (χ4v) is 0.739. The normalized spacial score (nSPS) is 10.3. The molecule has 0 heterocycles. The second kappa shape index (κ2) is 3.35. The van der Waals surface area contributed by atoms with Crippen molar-refractivity contribution in [2.24, 2.45) is 5.41 Å². The van der Waals surface area contributed by atoms with E-state index < -0.39 is 0 Å². The first-order valence-electron chi connectivity index (χ1n) is 3.17. The molecule has 9 heavy (non-hydrogen) atoms. The van der Waals surface area contributed by atoms with E-state index in [2.05, 4.69) is 26.3 Å². The third-order valence-corrected chi connectivity index (χ3v) is 1.28. The van der Waals surface area contributed by atoms with E-state index in [1.807, 2.05) is 6.08 Å². The number of terminal acetylenes is 1. The molecular weight excluding hydrogens is 108 g/mol. The van der Waals surface area contributed by atoms with Crippen LogP contribution in [0.1, 0.15) is 26.7 Å². The molecule has 0 spiro atoms. The van der Waals surface area contributed by atoms with Gasteiger partial charge in [-0.3, -0.25) is 0 Å². The summed E-state index contributed by atoms with van der Waals surface area (Å²) >= 11 is 0. The zero-order valence-electron chi connectivity index (χ0n) is 6.28. The van der Waals surface area contributed by atoms with E-state index >= 15 is 0 Å². The molecule has 0 N–H and O–H groups in total. The predicted molar refractivity (Wildman–Crippen MR) is 42.0 cm³/mol. The van der Waals surface area contributed by atoms with Crippen LogP contribution in [0.25, 0.3) is 0 Å². The molecule has 0 radical (unpaired) electrons. The molecule has 0 aromatic carbocycles. The Morgan fingerprint density at radius 2 is 2.22 bits per heavy atom. The van der Waals surface area contributed by atoms with Gasteiger partial charge in [0.1, 0.15) is 0 Å². The first-order valence-corrected chi connectivity index (χ1v) is 3.17. The van der Waals surface area contributed by atoms with Gasteiger partial charge in [-0.2, -0.15) is 0 Å². The van der Waals surface area contributed by atoms with Crippen molar-refractivity contribution in [2.75, 3.05) is 0 Å². The van der Waals surface area contributed by atoms with Gasteiger partial charge in [0.05, 0.1) is 0 Å². The van der Waals surface area contributed by atoms with Crippen LogP contribution in [-0.2, 0) is 0 Å². The average Bonchev–Trinajstić information content (AvgIpc) is 1.64. The first kappa shape index (κ1) is 8.30. The zero-order valence-corrected chi connectivity index (χ0v) is 6.28. The summed E-state index contributed by atoms with van der Waals surface area (Å²) in [4.78, 5) is 0. The Morgan fingerprint density at radius 1 is 1.67 bits per heavy atom. The Bertz CT molecular complexity index is 123. The largest absolute Gasteiger partial charge is 0.120 e. The van der Waals surface area contributed by atoms with Crippen LogP contribution in [-0.4, -0.2) is 0 Å². The molecule has 0 saturated heterocycles. The van der Waals surface area contributed by atoms with Crippen molar-refractivity contribution in [1.82, 2.24) is 0 Å². The summed E-state index contributed by atoms with van der Waals surface area (Å²) in [6.45, 7) is 7.95. The number of allylic oxidation sites excluding steroid dienone is 1. The first-order chi connectivity index (χ1) is 4.12. The Hall–Kier alpha value is -0.700. The summed E-state index contributed by atoms with van der Waals surface area (Å²) in [5, 5.41) is 0. The molecule has 0 aliphatic rings. The molecule has 0 aliphatic carbocycles. The Morgan fingerprint density at radius 3 is 2.56 bits per heavy atom. The average molecular weight is 122 g/mol. The van der Waals surface area contributed by atoms with Crippen LogP contribution >= 0.6 is 0 Å². The van der Waals surface area contributed by atoms with Gasteiger partial charge in [0.25, 0.3) is 0 Å². The Balaban J connectivity index is 3.73. The quantitative estimate of drug-likeness (QED) is 0.398. The zero-order chi connectivity index (χ0) is 7.33. The van der Waals surface area contributed by atoms with Gasteiger partial charge in [0.2, 0.25) is 0 Å². The van der Waals surface area contributed by atoms with Gasteiger partial charge in [0.15, 0.2) is 0 Å². The van der Waals surface area contributed by atoms with Crippen molar-refractivity contribution in [3.8, 4) is 12.3 Å².